The number of unbranched alkanes of at least 4 members (excludes halogenated alkanes) is 1. The molecule has 5 nitrogen and oxygen atoms in total. The maximum absolute atomic E-state index is 12.7. The number of carbonyl (C=O) groups is 1. The molecular formula is C21H29N3O2. The molecule has 0 radical (unpaired) electrons. The second kappa shape index (κ2) is 8.99. The van der Waals surface area contributed by atoms with Crippen LogP contribution in [0.15, 0.2) is 36.7 Å². The zero-order valence-electron chi connectivity index (χ0n) is 15.6. The molecule has 3 rings (SSSR count). The fourth-order valence-corrected chi connectivity index (χ4v) is 3.66. The summed E-state index contributed by atoms with van der Waals surface area (Å²) in [6.45, 7) is 4.83. The number of piperidine rings is 1. The number of aliphatic hydroxyl groups is 1. The van der Waals surface area contributed by atoms with Crippen LogP contribution in [0.1, 0.15) is 55.5 Å². The Bertz CT molecular complexity index is 708. The van der Waals surface area contributed by atoms with Gasteiger partial charge in [0.2, 0.25) is 5.91 Å². The van der Waals surface area contributed by atoms with Crippen molar-refractivity contribution < 1.29 is 9.90 Å². The summed E-state index contributed by atoms with van der Waals surface area (Å²) in [6.07, 6.45) is 8.81. The molecule has 0 spiro atoms. The molecule has 0 bridgehead atoms. The van der Waals surface area contributed by atoms with Crippen LogP contribution in [0.25, 0.3) is 0 Å². The minimum absolute atomic E-state index is 0.0344. The monoisotopic (exact) mass is 355 g/mol. The van der Waals surface area contributed by atoms with Crippen LogP contribution >= 0.6 is 0 Å². The normalized spacial score (nSPS) is 17.5. The lowest BCUT2D eigenvalue weighted by atomic mass is 9.96. The van der Waals surface area contributed by atoms with Crippen LogP contribution in [0.2, 0.25) is 0 Å². The first-order valence-corrected chi connectivity index (χ1v) is 9.68. The number of hydrogen-bond donors (Lipinski definition) is 1. The summed E-state index contributed by atoms with van der Waals surface area (Å²) in [7, 11) is 0. The Morgan fingerprint density at radius 1 is 1.27 bits per heavy atom. The van der Waals surface area contributed by atoms with E-state index in [1.807, 2.05) is 35.4 Å². The van der Waals surface area contributed by atoms with Gasteiger partial charge in [0, 0.05) is 37.9 Å². The first-order valence-electron chi connectivity index (χ1n) is 9.68. The first kappa shape index (κ1) is 18.6. The SMILES string of the molecule is CCCCn1ccnc1[C@@H]1CCCN(C(=O)Cc2ccc(CO)cc2)C1. The summed E-state index contributed by atoms with van der Waals surface area (Å²) in [6, 6.07) is 7.63. The molecule has 1 N–H and O–H groups in total. The van der Waals surface area contributed by atoms with E-state index in [4.69, 9.17) is 5.11 Å². The van der Waals surface area contributed by atoms with E-state index < -0.39 is 0 Å². The Morgan fingerprint density at radius 2 is 2.04 bits per heavy atom. The van der Waals surface area contributed by atoms with E-state index >= 15 is 0 Å². The Morgan fingerprint density at radius 3 is 2.77 bits per heavy atom. The average molecular weight is 355 g/mol. The quantitative estimate of drug-likeness (QED) is 0.830. The molecule has 1 fully saturated rings. The number of imidazole rings is 1. The summed E-state index contributed by atoms with van der Waals surface area (Å²) in [5.74, 6) is 1.64. The number of carbonyl (C=O) groups excluding carboxylic acids is 1. The minimum Gasteiger partial charge on any atom is -0.392 e. The van der Waals surface area contributed by atoms with Crippen LogP contribution in [0.5, 0.6) is 0 Å². The molecule has 140 valence electrons. The Hall–Kier alpha value is -2.14. The van der Waals surface area contributed by atoms with Gasteiger partial charge < -0.3 is 14.6 Å². The van der Waals surface area contributed by atoms with Gasteiger partial charge in [-0.2, -0.15) is 0 Å². The van der Waals surface area contributed by atoms with Crippen LogP contribution in [-0.2, 0) is 24.4 Å². The molecule has 1 aromatic carbocycles. The third-order valence-electron chi connectivity index (χ3n) is 5.20. The molecule has 2 heterocycles. The number of aromatic nitrogens is 2. The number of amides is 1. The number of aliphatic hydroxyl groups excluding tert-OH is 1. The van der Waals surface area contributed by atoms with Gasteiger partial charge in [-0.15, -0.1) is 0 Å². The highest BCUT2D eigenvalue weighted by Gasteiger charge is 2.27. The van der Waals surface area contributed by atoms with Gasteiger partial charge in [0.15, 0.2) is 0 Å². The predicted molar refractivity (Wildman–Crippen MR) is 102 cm³/mol. The lowest BCUT2D eigenvalue weighted by molar-refractivity contribution is -0.131. The van der Waals surface area contributed by atoms with Crippen LogP contribution in [0, 0.1) is 0 Å². The fraction of sp³-hybridized carbons (Fsp3) is 0.524. The smallest absolute Gasteiger partial charge is 0.227 e. The first-order chi connectivity index (χ1) is 12.7. The van der Waals surface area contributed by atoms with Crippen molar-refractivity contribution in [2.45, 2.75) is 58.1 Å². The third kappa shape index (κ3) is 4.52. The fourth-order valence-electron chi connectivity index (χ4n) is 3.66. The van der Waals surface area contributed by atoms with Gasteiger partial charge in [-0.3, -0.25) is 4.79 Å². The number of benzene rings is 1. The molecule has 0 unspecified atom stereocenters. The van der Waals surface area contributed by atoms with Crippen LogP contribution < -0.4 is 0 Å². The molecule has 0 aliphatic carbocycles. The van der Waals surface area contributed by atoms with Gasteiger partial charge in [0.1, 0.15) is 5.82 Å². The number of nitrogens with zero attached hydrogens (tertiary/aromatic N) is 3. The molecule has 5 heteroatoms. The molecule has 1 aliphatic rings. The molecule has 2 aromatic rings. The van der Waals surface area contributed by atoms with Crippen molar-refractivity contribution in [2.75, 3.05) is 13.1 Å². The van der Waals surface area contributed by atoms with Gasteiger partial charge in [0.25, 0.3) is 0 Å². The molecular weight excluding hydrogens is 326 g/mol. The lowest BCUT2D eigenvalue weighted by Crippen LogP contribution is -2.40. The molecule has 1 atom stereocenters. The molecule has 26 heavy (non-hydrogen) atoms. The topological polar surface area (TPSA) is 58.4 Å². The Kier molecular flexibility index (Phi) is 6.45. The van der Waals surface area contributed by atoms with Gasteiger partial charge in [-0.05, 0) is 30.4 Å². The zero-order valence-corrected chi connectivity index (χ0v) is 15.6. The van der Waals surface area contributed by atoms with Crippen molar-refractivity contribution in [2.24, 2.45) is 0 Å². The summed E-state index contributed by atoms with van der Waals surface area (Å²) in [5, 5.41) is 9.13. The van der Waals surface area contributed by atoms with E-state index in [1.165, 1.54) is 6.42 Å². The predicted octanol–water partition coefficient (Wildman–Crippen LogP) is 3.12. The van der Waals surface area contributed by atoms with Crippen LogP contribution in [-0.4, -0.2) is 38.6 Å². The van der Waals surface area contributed by atoms with E-state index in [1.54, 1.807) is 0 Å². The number of hydrogen-bond acceptors (Lipinski definition) is 3. The molecule has 1 amide bonds. The van der Waals surface area contributed by atoms with E-state index in [-0.39, 0.29) is 12.5 Å². The van der Waals surface area contributed by atoms with Crippen molar-refractivity contribution in [3.63, 3.8) is 0 Å². The Balaban J connectivity index is 1.62. The minimum atomic E-state index is 0.0344. The van der Waals surface area contributed by atoms with E-state index in [9.17, 15) is 4.79 Å². The van der Waals surface area contributed by atoms with Crippen molar-refractivity contribution >= 4 is 5.91 Å². The third-order valence-corrected chi connectivity index (χ3v) is 5.20. The lowest BCUT2D eigenvalue weighted by Gasteiger charge is -2.33. The molecule has 1 aliphatic heterocycles. The number of rotatable bonds is 7. The summed E-state index contributed by atoms with van der Waals surface area (Å²) < 4.78 is 2.26. The maximum Gasteiger partial charge on any atom is 0.227 e. The van der Waals surface area contributed by atoms with Crippen molar-refractivity contribution in [1.29, 1.82) is 0 Å². The highest BCUT2D eigenvalue weighted by molar-refractivity contribution is 5.79. The second-order valence-electron chi connectivity index (χ2n) is 7.16. The number of aryl methyl sites for hydroxylation is 1. The average Bonchev–Trinajstić information content (AvgIpc) is 3.15. The van der Waals surface area contributed by atoms with Gasteiger partial charge in [-0.1, -0.05) is 37.6 Å². The van der Waals surface area contributed by atoms with Crippen molar-refractivity contribution in [1.82, 2.24) is 14.5 Å². The standard InChI is InChI=1S/C21H29N3O2/c1-2-3-11-23-13-10-22-21(23)19-5-4-12-24(15-19)20(26)14-17-6-8-18(16-25)9-7-17/h6-10,13,19,25H,2-5,11-12,14-16H2,1H3/t19-/m1/s1. The van der Waals surface area contributed by atoms with Gasteiger partial charge in [-0.25, -0.2) is 4.98 Å². The summed E-state index contributed by atoms with van der Waals surface area (Å²) in [4.78, 5) is 19.3. The largest absolute Gasteiger partial charge is 0.392 e. The number of likely N-dealkylation sites (tertiary alicyclic amines) is 1. The van der Waals surface area contributed by atoms with E-state index in [0.717, 1.165) is 55.8 Å². The maximum atomic E-state index is 12.7. The van der Waals surface area contributed by atoms with Gasteiger partial charge in [0.05, 0.1) is 13.0 Å². The summed E-state index contributed by atoms with van der Waals surface area (Å²) >= 11 is 0. The van der Waals surface area contributed by atoms with Gasteiger partial charge >= 0.3 is 0 Å². The van der Waals surface area contributed by atoms with E-state index in [2.05, 4.69) is 22.7 Å². The Labute approximate surface area is 155 Å². The molecule has 1 saturated heterocycles. The van der Waals surface area contributed by atoms with Crippen LogP contribution in [0.3, 0.4) is 0 Å². The molecule has 0 saturated carbocycles. The highest BCUT2D eigenvalue weighted by Crippen LogP contribution is 2.26. The zero-order chi connectivity index (χ0) is 18.4. The highest BCUT2D eigenvalue weighted by atomic mass is 16.3. The summed E-state index contributed by atoms with van der Waals surface area (Å²) in [5.41, 5.74) is 1.87. The van der Waals surface area contributed by atoms with Crippen molar-refractivity contribution in [3.8, 4) is 0 Å². The van der Waals surface area contributed by atoms with E-state index in [0.29, 0.717) is 12.3 Å². The molecule has 1 aromatic heterocycles. The van der Waals surface area contributed by atoms with Crippen LogP contribution in [0.4, 0.5) is 0 Å². The van der Waals surface area contributed by atoms with Crippen molar-refractivity contribution in [3.05, 3.63) is 53.6 Å². The second-order valence-corrected chi connectivity index (χ2v) is 7.16.